The van der Waals surface area contributed by atoms with Gasteiger partial charge in [0.05, 0.1) is 11.3 Å². The highest BCUT2D eigenvalue weighted by atomic mass is 32.2. The molecule has 20 heavy (non-hydrogen) atoms. The van der Waals surface area contributed by atoms with Crippen molar-refractivity contribution in [3.05, 3.63) is 29.6 Å². The Morgan fingerprint density at radius 2 is 2.15 bits per heavy atom. The fourth-order valence-electron chi connectivity index (χ4n) is 2.01. The van der Waals surface area contributed by atoms with Gasteiger partial charge in [-0.3, -0.25) is 4.79 Å². The molecule has 2 rings (SSSR count). The van der Waals surface area contributed by atoms with Crippen molar-refractivity contribution in [1.82, 2.24) is 4.90 Å². The van der Waals surface area contributed by atoms with Crippen molar-refractivity contribution in [3.8, 4) is 0 Å². The molecule has 1 aromatic carbocycles. The van der Waals surface area contributed by atoms with Crippen LogP contribution in [0.15, 0.2) is 23.1 Å². The quantitative estimate of drug-likeness (QED) is 0.820. The van der Waals surface area contributed by atoms with E-state index in [4.69, 9.17) is 5.11 Å². The van der Waals surface area contributed by atoms with Crippen molar-refractivity contribution in [3.63, 3.8) is 0 Å². The van der Waals surface area contributed by atoms with Crippen LogP contribution in [-0.4, -0.2) is 40.2 Å². The summed E-state index contributed by atoms with van der Waals surface area (Å²) in [5, 5.41) is 8.85. The number of nitrogens with zero attached hydrogens (tertiary/aromatic N) is 1. The Hall–Kier alpha value is -1.56. The van der Waals surface area contributed by atoms with Gasteiger partial charge in [0.1, 0.15) is 5.82 Å². The highest BCUT2D eigenvalue weighted by Crippen LogP contribution is 2.28. The molecule has 0 unspecified atom stereocenters. The van der Waals surface area contributed by atoms with Crippen LogP contribution >= 0.6 is 11.8 Å². The second kappa shape index (κ2) is 6.26. The van der Waals surface area contributed by atoms with E-state index in [2.05, 4.69) is 0 Å². The van der Waals surface area contributed by atoms with Gasteiger partial charge in [-0.1, -0.05) is 0 Å². The van der Waals surface area contributed by atoms with Crippen LogP contribution in [0.25, 0.3) is 0 Å². The third-order valence-electron chi connectivity index (χ3n) is 3.18. The number of rotatable bonds is 6. The third kappa shape index (κ3) is 3.50. The lowest BCUT2D eigenvalue weighted by molar-refractivity contribution is -0.128. The number of hydrogen-bond acceptors (Lipinski definition) is 3. The SMILES string of the molecule is CCN(C(=O)CSc1ccc(F)c(C(=O)O)c1)C1CC1. The van der Waals surface area contributed by atoms with Crippen molar-refractivity contribution < 1.29 is 19.1 Å². The van der Waals surface area contributed by atoms with Gasteiger partial charge >= 0.3 is 5.97 Å². The standard InChI is InChI=1S/C14H16FNO3S/c1-2-16(9-3-4-9)13(17)8-20-10-5-6-12(15)11(7-10)14(18)19/h5-7,9H,2-4,8H2,1H3,(H,18,19). The zero-order valence-electron chi connectivity index (χ0n) is 11.1. The summed E-state index contributed by atoms with van der Waals surface area (Å²) in [6.07, 6.45) is 2.12. The van der Waals surface area contributed by atoms with E-state index < -0.39 is 11.8 Å². The number of hydrogen-bond donors (Lipinski definition) is 1. The Morgan fingerprint density at radius 3 is 2.70 bits per heavy atom. The first-order chi connectivity index (χ1) is 9.52. The monoisotopic (exact) mass is 297 g/mol. The maximum Gasteiger partial charge on any atom is 0.338 e. The summed E-state index contributed by atoms with van der Waals surface area (Å²) in [5.74, 6) is -1.78. The van der Waals surface area contributed by atoms with Gasteiger partial charge in [0.2, 0.25) is 5.91 Å². The highest BCUT2D eigenvalue weighted by molar-refractivity contribution is 8.00. The van der Waals surface area contributed by atoms with Gasteiger partial charge in [-0.2, -0.15) is 0 Å². The minimum absolute atomic E-state index is 0.0428. The number of carboxylic acid groups (broad SMARTS) is 1. The largest absolute Gasteiger partial charge is 0.478 e. The molecule has 0 radical (unpaired) electrons. The van der Waals surface area contributed by atoms with E-state index in [1.807, 2.05) is 11.8 Å². The summed E-state index contributed by atoms with van der Waals surface area (Å²) in [5.41, 5.74) is -0.364. The Morgan fingerprint density at radius 1 is 1.45 bits per heavy atom. The summed E-state index contributed by atoms with van der Waals surface area (Å²) in [7, 11) is 0. The number of benzene rings is 1. The molecule has 1 aliphatic carbocycles. The van der Waals surface area contributed by atoms with Gasteiger partial charge < -0.3 is 10.0 Å². The number of thioether (sulfide) groups is 1. The number of aromatic carboxylic acids is 1. The summed E-state index contributed by atoms with van der Waals surface area (Å²) in [6, 6.07) is 4.25. The molecule has 1 amide bonds. The van der Waals surface area contributed by atoms with Crippen LogP contribution in [0.1, 0.15) is 30.1 Å². The smallest absolute Gasteiger partial charge is 0.338 e. The Labute approximate surface area is 121 Å². The molecule has 108 valence electrons. The molecule has 1 aromatic rings. The lowest BCUT2D eigenvalue weighted by Gasteiger charge is -2.20. The number of amides is 1. The van der Waals surface area contributed by atoms with E-state index in [1.165, 1.54) is 23.9 Å². The Balaban J connectivity index is 1.98. The maximum absolute atomic E-state index is 13.3. The molecule has 0 aliphatic heterocycles. The summed E-state index contributed by atoms with van der Waals surface area (Å²) in [4.78, 5) is 25.3. The molecule has 1 aliphatic rings. The van der Waals surface area contributed by atoms with Crippen LogP contribution in [0.2, 0.25) is 0 Å². The Kier molecular flexibility index (Phi) is 4.65. The molecule has 1 fully saturated rings. The van der Waals surface area contributed by atoms with E-state index in [-0.39, 0.29) is 17.2 Å². The lowest BCUT2D eigenvalue weighted by atomic mass is 10.2. The van der Waals surface area contributed by atoms with Crippen molar-refractivity contribution in [2.75, 3.05) is 12.3 Å². The number of carbonyl (C=O) groups is 2. The summed E-state index contributed by atoms with van der Waals surface area (Å²) in [6.45, 7) is 2.63. The molecular formula is C14H16FNO3S. The second-order valence-corrected chi connectivity index (χ2v) is 5.70. The average molecular weight is 297 g/mol. The number of halogens is 1. The van der Waals surface area contributed by atoms with E-state index in [9.17, 15) is 14.0 Å². The molecule has 0 aromatic heterocycles. The van der Waals surface area contributed by atoms with Crippen molar-refractivity contribution >= 4 is 23.6 Å². The predicted molar refractivity (Wildman–Crippen MR) is 74.5 cm³/mol. The van der Waals surface area contributed by atoms with Gasteiger partial charge in [0.15, 0.2) is 0 Å². The molecule has 1 N–H and O–H groups in total. The Bertz CT molecular complexity index is 531. The first-order valence-corrected chi connectivity index (χ1v) is 7.46. The minimum atomic E-state index is -1.30. The van der Waals surface area contributed by atoms with Crippen molar-refractivity contribution in [2.45, 2.75) is 30.7 Å². The van der Waals surface area contributed by atoms with E-state index in [0.29, 0.717) is 17.5 Å². The normalized spacial score (nSPS) is 14.1. The molecule has 0 spiro atoms. The first kappa shape index (κ1) is 14.8. The molecular weight excluding hydrogens is 281 g/mol. The van der Waals surface area contributed by atoms with Crippen LogP contribution in [0.3, 0.4) is 0 Å². The fourth-order valence-corrected chi connectivity index (χ4v) is 2.83. The van der Waals surface area contributed by atoms with E-state index in [1.54, 1.807) is 0 Å². The van der Waals surface area contributed by atoms with Gasteiger partial charge in [-0.15, -0.1) is 11.8 Å². The van der Waals surface area contributed by atoms with Gasteiger partial charge in [0.25, 0.3) is 0 Å². The van der Waals surface area contributed by atoms with Crippen molar-refractivity contribution in [1.29, 1.82) is 0 Å². The van der Waals surface area contributed by atoms with Crippen LogP contribution < -0.4 is 0 Å². The van der Waals surface area contributed by atoms with Gasteiger partial charge in [-0.05, 0) is 38.0 Å². The number of carboxylic acids is 1. The van der Waals surface area contributed by atoms with Crippen LogP contribution in [0.5, 0.6) is 0 Å². The number of carbonyl (C=O) groups excluding carboxylic acids is 1. The fraction of sp³-hybridized carbons (Fsp3) is 0.429. The van der Waals surface area contributed by atoms with Gasteiger partial charge in [-0.25, -0.2) is 9.18 Å². The molecule has 4 nitrogen and oxygen atoms in total. The topological polar surface area (TPSA) is 57.6 Å². The molecule has 0 bridgehead atoms. The van der Waals surface area contributed by atoms with E-state index >= 15 is 0 Å². The highest BCUT2D eigenvalue weighted by Gasteiger charge is 2.31. The second-order valence-electron chi connectivity index (χ2n) is 4.65. The maximum atomic E-state index is 13.3. The third-order valence-corrected chi connectivity index (χ3v) is 4.16. The molecule has 0 heterocycles. The molecule has 6 heteroatoms. The zero-order chi connectivity index (χ0) is 14.7. The van der Waals surface area contributed by atoms with Gasteiger partial charge in [0, 0.05) is 17.5 Å². The van der Waals surface area contributed by atoms with Crippen LogP contribution in [0.4, 0.5) is 4.39 Å². The van der Waals surface area contributed by atoms with E-state index in [0.717, 1.165) is 18.9 Å². The first-order valence-electron chi connectivity index (χ1n) is 6.48. The predicted octanol–water partition coefficient (Wildman–Crippen LogP) is 2.63. The average Bonchev–Trinajstić information content (AvgIpc) is 3.23. The zero-order valence-corrected chi connectivity index (χ0v) is 12.0. The lowest BCUT2D eigenvalue weighted by Crippen LogP contribution is -2.34. The molecule has 0 atom stereocenters. The molecule has 1 saturated carbocycles. The van der Waals surface area contributed by atoms with Crippen molar-refractivity contribution in [2.24, 2.45) is 0 Å². The molecule has 0 saturated heterocycles. The van der Waals surface area contributed by atoms with Crippen LogP contribution in [-0.2, 0) is 4.79 Å². The summed E-state index contributed by atoms with van der Waals surface area (Å²) < 4.78 is 13.3. The summed E-state index contributed by atoms with van der Waals surface area (Å²) >= 11 is 1.24. The minimum Gasteiger partial charge on any atom is -0.478 e. The van der Waals surface area contributed by atoms with Crippen LogP contribution in [0, 0.1) is 5.82 Å².